The molecule has 1 heterocycles. The molecular weight excluding hydrogens is 182 g/mol. The molecule has 14 heavy (non-hydrogen) atoms. The van der Waals surface area contributed by atoms with Gasteiger partial charge in [0.25, 0.3) is 0 Å². The second kappa shape index (κ2) is 5.39. The van der Waals surface area contributed by atoms with E-state index >= 15 is 0 Å². The zero-order valence-electron chi connectivity index (χ0n) is 8.23. The van der Waals surface area contributed by atoms with Gasteiger partial charge in [0.2, 0.25) is 0 Å². The van der Waals surface area contributed by atoms with Gasteiger partial charge in [0.05, 0.1) is 6.54 Å². The normalized spacial score (nSPS) is 10.4. The van der Waals surface area contributed by atoms with E-state index in [4.69, 9.17) is 5.11 Å². The van der Waals surface area contributed by atoms with Crippen molar-refractivity contribution in [3.8, 4) is 0 Å². The molecule has 0 aliphatic carbocycles. The molecule has 0 saturated carbocycles. The van der Waals surface area contributed by atoms with E-state index < -0.39 is 5.97 Å². The van der Waals surface area contributed by atoms with Crippen LogP contribution in [0.3, 0.4) is 0 Å². The number of hydrogen-bond acceptors (Lipinski definition) is 3. The number of carboxylic acids is 1. The van der Waals surface area contributed by atoms with Crippen LogP contribution < -0.4 is 5.32 Å². The Morgan fingerprint density at radius 1 is 1.71 bits per heavy atom. The Morgan fingerprint density at radius 2 is 2.50 bits per heavy atom. The van der Waals surface area contributed by atoms with Gasteiger partial charge in [-0.25, -0.2) is 4.98 Å². The molecule has 5 heteroatoms. The fraction of sp³-hybridized carbons (Fsp3) is 0.556. The molecule has 0 aromatic carbocycles. The Labute approximate surface area is 82.8 Å². The van der Waals surface area contributed by atoms with Gasteiger partial charge in [-0.15, -0.1) is 0 Å². The molecule has 0 bridgehead atoms. The van der Waals surface area contributed by atoms with Crippen molar-refractivity contribution in [3.05, 3.63) is 18.2 Å². The molecule has 1 aromatic heterocycles. The SMILES string of the molecule is Cn1ccnc1CNCCCC(=O)O. The second-order valence-corrected chi connectivity index (χ2v) is 3.13. The van der Waals surface area contributed by atoms with Crippen LogP contribution >= 0.6 is 0 Å². The fourth-order valence-corrected chi connectivity index (χ4v) is 1.13. The van der Waals surface area contributed by atoms with Crippen molar-refractivity contribution < 1.29 is 9.90 Å². The monoisotopic (exact) mass is 197 g/mol. The standard InChI is InChI=1S/C9H15N3O2/c1-12-6-5-11-8(12)7-10-4-2-3-9(13)14/h5-6,10H,2-4,7H2,1H3,(H,13,14). The van der Waals surface area contributed by atoms with Gasteiger partial charge in [0.15, 0.2) is 0 Å². The van der Waals surface area contributed by atoms with Gasteiger partial charge in [0, 0.05) is 25.9 Å². The average Bonchev–Trinajstić information content (AvgIpc) is 2.51. The Bertz CT molecular complexity index is 296. The minimum atomic E-state index is -0.746. The van der Waals surface area contributed by atoms with Crippen LogP contribution in [-0.2, 0) is 18.4 Å². The summed E-state index contributed by atoms with van der Waals surface area (Å²) in [6, 6.07) is 0. The van der Waals surface area contributed by atoms with Crippen LogP contribution in [0.25, 0.3) is 0 Å². The first-order valence-electron chi connectivity index (χ1n) is 4.59. The van der Waals surface area contributed by atoms with Crippen LogP contribution in [0.2, 0.25) is 0 Å². The summed E-state index contributed by atoms with van der Waals surface area (Å²) >= 11 is 0. The number of aliphatic carboxylic acids is 1. The molecule has 0 aliphatic heterocycles. The smallest absolute Gasteiger partial charge is 0.303 e. The van der Waals surface area contributed by atoms with Gasteiger partial charge < -0.3 is 15.0 Å². The number of aryl methyl sites for hydroxylation is 1. The van der Waals surface area contributed by atoms with E-state index in [1.807, 2.05) is 17.8 Å². The van der Waals surface area contributed by atoms with Gasteiger partial charge in [0.1, 0.15) is 5.82 Å². The summed E-state index contributed by atoms with van der Waals surface area (Å²) in [5, 5.41) is 11.5. The Kier molecular flexibility index (Phi) is 4.12. The Hall–Kier alpha value is -1.36. The van der Waals surface area contributed by atoms with Crippen molar-refractivity contribution in [3.63, 3.8) is 0 Å². The van der Waals surface area contributed by atoms with E-state index in [-0.39, 0.29) is 6.42 Å². The van der Waals surface area contributed by atoms with Crippen LogP contribution in [0, 0.1) is 0 Å². The topological polar surface area (TPSA) is 67.2 Å². The van der Waals surface area contributed by atoms with Gasteiger partial charge in [-0.2, -0.15) is 0 Å². The van der Waals surface area contributed by atoms with E-state index in [9.17, 15) is 4.79 Å². The summed E-state index contributed by atoms with van der Waals surface area (Å²) in [4.78, 5) is 14.3. The maximum atomic E-state index is 10.2. The summed E-state index contributed by atoms with van der Waals surface area (Å²) in [5.74, 6) is 0.212. The molecule has 0 unspecified atom stereocenters. The Morgan fingerprint density at radius 3 is 3.07 bits per heavy atom. The molecule has 78 valence electrons. The molecular formula is C9H15N3O2. The number of carbonyl (C=O) groups is 1. The van der Waals surface area contributed by atoms with Crippen LogP contribution in [0.1, 0.15) is 18.7 Å². The maximum Gasteiger partial charge on any atom is 0.303 e. The number of aromatic nitrogens is 2. The van der Waals surface area contributed by atoms with E-state index in [2.05, 4.69) is 10.3 Å². The third kappa shape index (κ3) is 3.57. The van der Waals surface area contributed by atoms with Crippen molar-refractivity contribution >= 4 is 5.97 Å². The highest BCUT2D eigenvalue weighted by Crippen LogP contribution is 1.93. The van der Waals surface area contributed by atoms with Crippen molar-refractivity contribution in [1.29, 1.82) is 0 Å². The lowest BCUT2D eigenvalue weighted by molar-refractivity contribution is -0.137. The quantitative estimate of drug-likeness (QED) is 0.647. The molecule has 2 N–H and O–H groups in total. The van der Waals surface area contributed by atoms with Crippen LogP contribution in [-0.4, -0.2) is 27.2 Å². The lowest BCUT2D eigenvalue weighted by Crippen LogP contribution is -2.18. The van der Waals surface area contributed by atoms with E-state index in [0.717, 1.165) is 5.82 Å². The van der Waals surface area contributed by atoms with E-state index in [1.165, 1.54) is 0 Å². The first-order chi connectivity index (χ1) is 6.70. The fourth-order valence-electron chi connectivity index (χ4n) is 1.13. The van der Waals surface area contributed by atoms with Crippen LogP contribution in [0.4, 0.5) is 0 Å². The molecule has 0 aliphatic rings. The van der Waals surface area contributed by atoms with Crippen molar-refractivity contribution in [2.45, 2.75) is 19.4 Å². The predicted molar refractivity (Wildman–Crippen MR) is 51.8 cm³/mol. The first kappa shape index (κ1) is 10.7. The first-order valence-corrected chi connectivity index (χ1v) is 4.59. The lowest BCUT2D eigenvalue weighted by Gasteiger charge is -2.03. The molecule has 0 saturated heterocycles. The van der Waals surface area contributed by atoms with Crippen LogP contribution in [0.15, 0.2) is 12.4 Å². The maximum absolute atomic E-state index is 10.2. The highest BCUT2D eigenvalue weighted by Gasteiger charge is 1.99. The summed E-state index contributed by atoms with van der Waals surface area (Å²) in [7, 11) is 1.93. The van der Waals surface area contributed by atoms with Crippen LogP contribution in [0.5, 0.6) is 0 Å². The molecule has 5 nitrogen and oxygen atoms in total. The number of hydrogen-bond donors (Lipinski definition) is 2. The van der Waals surface area contributed by atoms with Gasteiger partial charge in [-0.05, 0) is 13.0 Å². The molecule has 0 spiro atoms. The molecule has 0 fully saturated rings. The number of nitrogens with one attached hydrogen (secondary N) is 1. The number of carboxylic acid groups (broad SMARTS) is 1. The highest BCUT2D eigenvalue weighted by molar-refractivity contribution is 5.66. The minimum absolute atomic E-state index is 0.216. The number of imidazole rings is 1. The third-order valence-electron chi connectivity index (χ3n) is 1.95. The zero-order chi connectivity index (χ0) is 10.4. The predicted octanol–water partition coefficient (Wildman–Crippen LogP) is 0.374. The molecule has 1 rings (SSSR count). The van der Waals surface area contributed by atoms with Crippen molar-refractivity contribution in [1.82, 2.24) is 14.9 Å². The highest BCUT2D eigenvalue weighted by atomic mass is 16.4. The second-order valence-electron chi connectivity index (χ2n) is 3.13. The summed E-state index contributed by atoms with van der Waals surface area (Å²) in [5.41, 5.74) is 0. The minimum Gasteiger partial charge on any atom is -0.481 e. The summed E-state index contributed by atoms with van der Waals surface area (Å²) < 4.78 is 1.93. The Balaban J connectivity index is 2.10. The zero-order valence-corrected chi connectivity index (χ0v) is 8.23. The summed E-state index contributed by atoms with van der Waals surface area (Å²) in [6.45, 7) is 1.39. The van der Waals surface area contributed by atoms with Crippen molar-refractivity contribution in [2.75, 3.05) is 6.54 Å². The molecule has 0 radical (unpaired) electrons. The van der Waals surface area contributed by atoms with E-state index in [0.29, 0.717) is 19.5 Å². The third-order valence-corrected chi connectivity index (χ3v) is 1.95. The molecule has 0 amide bonds. The molecule has 0 atom stereocenters. The van der Waals surface area contributed by atoms with Crippen molar-refractivity contribution in [2.24, 2.45) is 7.05 Å². The van der Waals surface area contributed by atoms with Gasteiger partial charge >= 0.3 is 5.97 Å². The lowest BCUT2D eigenvalue weighted by atomic mass is 10.3. The average molecular weight is 197 g/mol. The number of nitrogens with zero attached hydrogens (tertiary/aromatic N) is 2. The molecule has 1 aromatic rings. The largest absolute Gasteiger partial charge is 0.481 e. The summed E-state index contributed by atoms with van der Waals surface area (Å²) in [6.07, 6.45) is 4.50. The van der Waals surface area contributed by atoms with Gasteiger partial charge in [-0.1, -0.05) is 0 Å². The number of rotatable bonds is 6. The van der Waals surface area contributed by atoms with E-state index in [1.54, 1.807) is 6.20 Å². The van der Waals surface area contributed by atoms with Gasteiger partial charge in [-0.3, -0.25) is 4.79 Å².